The highest BCUT2D eigenvalue weighted by molar-refractivity contribution is 6.18. The summed E-state index contributed by atoms with van der Waals surface area (Å²) in [6, 6.07) is 7.48. The van der Waals surface area contributed by atoms with Crippen LogP contribution in [0.1, 0.15) is 33.1 Å². The molecule has 0 aliphatic heterocycles. The maximum Gasteiger partial charge on any atom is 0.224 e. The molecule has 0 fully saturated rings. The molecule has 1 aromatic carbocycles. The first-order chi connectivity index (χ1) is 9.11. The van der Waals surface area contributed by atoms with Gasteiger partial charge >= 0.3 is 0 Å². The van der Waals surface area contributed by atoms with Gasteiger partial charge in [0, 0.05) is 24.1 Å². The van der Waals surface area contributed by atoms with Crippen LogP contribution in [0.4, 0.5) is 5.69 Å². The average molecular weight is 284 g/mol. The van der Waals surface area contributed by atoms with Gasteiger partial charge in [0.2, 0.25) is 5.91 Å². The van der Waals surface area contributed by atoms with Crippen molar-refractivity contribution in [3.8, 4) is 5.75 Å². The van der Waals surface area contributed by atoms with Crippen molar-refractivity contribution in [3.63, 3.8) is 0 Å². The topological polar surface area (TPSA) is 38.3 Å². The molecule has 106 valence electrons. The number of ether oxygens (including phenoxy) is 1. The second-order valence-corrected chi connectivity index (χ2v) is 5.28. The molecular formula is C15H22ClNO2. The second-order valence-electron chi connectivity index (χ2n) is 4.90. The van der Waals surface area contributed by atoms with E-state index in [1.807, 2.05) is 24.3 Å². The van der Waals surface area contributed by atoms with Crippen molar-refractivity contribution in [1.29, 1.82) is 0 Å². The molecule has 0 aliphatic rings. The molecule has 0 radical (unpaired) electrons. The fourth-order valence-electron chi connectivity index (χ4n) is 1.53. The van der Waals surface area contributed by atoms with Crippen LogP contribution in [0.3, 0.4) is 0 Å². The van der Waals surface area contributed by atoms with E-state index in [1.54, 1.807) is 0 Å². The third-order valence-corrected chi connectivity index (χ3v) is 2.89. The molecule has 0 spiro atoms. The van der Waals surface area contributed by atoms with Gasteiger partial charge in [-0.2, -0.15) is 0 Å². The van der Waals surface area contributed by atoms with E-state index in [4.69, 9.17) is 16.3 Å². The largest absolute Gasteiger partial charge is 0.494 e. The smallest absolute Gasteiger partial charge is 0.224 e. The molecule has 1 amide bonds. The number of rotatable bonds is 8. The van der Waals surface area contributed by atoms with Crippen LogP contribution in [-0.2, 0) is 4.79 Å². The van der Waals surface area contributed by atoms with Gasteiger partial charge in [0.15, 0.2) is 0 Å². The van der Waals surface area contributed by atoms with Gasteiger partial charge in [-0.25, -0.2) is 0 Å². The van der Waals surface area contributed by atoms with E-state index in [0.717, 1.165) is 17.9 Å². The van der Waals surface area contributed by atoms with E-state index < -0.39 is 0 Å². The van der Waals surface area contributed by atoms with Crippen LogP contribution in [0.5, 0.6) is 5.75 Å². The molecule has 4 heteroatoms. The zero-order valence-electron chi connectivity index (χ0n) is 11.6. The van der Waals surface area contributed by atoms with E-state index in [-0.39, 0.29) is 5.91 Å². The minimum absolute atomic E-state index is 0.0139. The Morgan fingerprint density at radius 2 is 2.21 bits per heavy atom. The third kappa shape index (κ3) is 7.06. The summed E-state index contributed by atoms with van der Waals surface area (Å²) in [5, 5.41) is 2.84. The Morgan fingerprint density at radius 1 is 1.42 bits per heavy atom. The lowest BCUT2D eigenvalue weighted by molar-refractivity contribution is -0.116. The standard InChI is InChI=1S/C15H22ClNO2/c1-12(2)8-10-19-14-6-3-5-13(11-14)17-15(18)7-4-9-16/h3,5-6,11-12H,4,7-10H2,1-2H3,(H,17,18). The highest BCUT2D eigenvalue weighted by atomic mass is 35.5. The van der Waals surface area contributed by atoms with Crippen molar-refractivity contribution in [2.24, 2.45) is 5.92 Å². The Morgan fingerprint density at radius 3 is 2.89 bits per heavy atom. The summed E-state index contributed by atoms with van der Waals surface area (Å²) in [5.74, 6) is 1.90. The van der Waals surface area contributed by atoms with Crippen molar-refractivity contribution in [2.75, 3.05) is 17.8 Å². The summed E-state index contributed by atoms with van der Waals surface area (Å²) >= 11 is 5.56. The van der Waals surface area contributed by atoms with Crippen molar-refractivity contribution in [3.05, 3.63) is 24.3 Å². The quantitative estimate of drug-likeness (QED) is 0.731. The van der Waals surface area contributed by atoms with E-state index in [1.165, 1.54) is 0 Å². The molecule has 0 aromatic heterocycles. The van der Waals surface area contributed by atoms with Crippen LogP contribution < -0.4 is 10.1 Å². The van der Waals surface area contributed by atoms with Crippen LogP contribution >= 0.6 is 11.6 Å². The van der Waals surface area contributed by atoms with Crippen LogP contribution in [0.25, 0.3) is 0 Å². The molecule has 0 saturated heterocycles. The Bertz CT molecular complexity index is 393. The molecule has 0 aliphatic carbocycles. The molecule has 0 atom stereocenters. The molecule has 1 N–H and O–H groups in total. The maximum atomic E-state index is 11.6. The Balaban J connectivity index is 2.45. The van der Waals surface area contributed by atoms with Gasteiger partial charge < -0.3 is 10.1 Å². The van der Waals surface area contributed by atoms with Crippen molar-refractivity contribution in [2.45, 2.75) is 33.1 Å². The van der Waals surface area contributed by atoms with Gasteiger partial charge in [0.05, 0.1) is 6.61 Å². The zero-order valence-corrected chi connectivity index (χ0v) is 12.4. The fourth-order valence-corrected chi connectivity index (χ4v) is 1.66. The van der Waals surface area contributed by atoms with Crippen LogP contribution in [-0.4, -0.2) is 18.4 Å². The number of hydrogen-bond donors (Lipinski definition) is 1. The number of halogens is 1. The molecule has 0 heterocycles. The highest BCUT2D eigenvalue weighted by Gasteiger charge is 2.03. The minimum Gasteiger partial charge on any atom is -0.494 e. The minimum atomic E-state index is -0.0139. The predicted molar refractivity (Wildman–Crippen MR) is 80.0 cm³/mol. The molecular weight excluding hydrogens is 262 g/mol. The normalized spacial score (nSPS) is 10.5. The fraction of sp³-hybridized carbons (Fsp3) is 0.533. The van der Waals surface area contributed by atoms with Gasteiger partial charge in [0.25, 0.3) is 0 Å². The Hall–Kier alpha value is -1.22. The second kappa shape index (κ2) is 8.81. The number of benzene rings is 1. The van der Waals surface area contributed by atoms with Crippen molar-refractivity contribution >= 4 is 23.2 Å². The highest BCUT2D eigenvalue weighted by Crippen LogP contribution is 2.18. The molecule has 3 nitrogen and oxygen atoms in total. The monoisotopic (exact) mass is 283 g/mol. The lowest BCUT2D eigenvalue weighted by atomic mass is 10.1. The van der Waals surface area contributed by atoms with Gasteiger partial charge in [-0.05, 0) is 30.9 Å². The van der Waals surface area contributed by atoms with Gasteiger partial charge in [-0.15, -0.1) is 11.6 Å². The SMILES string of the molecule is CC(C)CCOc1cccc(NC(=O)CCCCl)c1. The first-order valence-electron chi connectivity index (χ1n) is 6.70. The first-order valence-corrected chi connectivity index (χ1v) is 7.24. The van der Waals surface area contributed by atoms with E-state index >= 15 is 0 Å². The van der Waals surface area contributed by atoms with Crippen LogP contribution in [0.2, 0.25) is 0 Å². The molecule has 0 bridgehead atoms. The maximum absolute atomic E-state index is 11.6. The summed E-state index contributed by atoms with van der Waals surface area (Å²) in [7, 11) is 0. The lowest BCUT2D eigenvalue weighted by Gasteiger charge is -2.10. The zero-order chi connectivity index (χ0) is 14.1. The van der Waals surface area contributed by atoms with E-state index in [0.29, 0.717) is 31.2 Å². The summed E-state index contributed by atoms with van der Waals surface area (Å²) in [6.45, 7) is 5.02. The van der Waals surface area contributed by atoms with Crippen molar-refractivity contribution < 1.29 is 9.53 Å². The van der Waals surface area contributed by atoms with Crippen molar-refractivity contribution in [1.82, 2.24) is 0 Å². The number of anilines is 1. The van der Waals surface area contributed by atoms with E-state index in [2.05, 4.69) is 19.2 Å². The Kier molecular flexibility index (Phi) is 7.34. The number of hydrogen-bond acceptors (Lipinski definition) is 2. The van der Waals surface area contributed by atoms with Gasteiger partial charge in [0.1, 0.15) is 5.75 Å². The number of amides is 1. The number of carbonyl (C=O) groups is 1. The predicted octanol–water partition coefficient (Wildman–Crippen LogP) is 4.07. The van der Waals surface area contributed by atoms with Gasteiger partial charge in [-0.1, -0.05) is 19.9 Å². The van der Waals surface area contributed by atoms with Crippen LogP contribution in [0.15, 0.2) is 24.3 Å². The summed E-state index contributed by atoms with van der Waals surface area (Å²) in [5.41, 5.74) is 0.765. The summed E-state index contributed by atoms with van der Waals surface area (Å²) < 4.78 is 5.65. The summed E-state index contributed by atoms with van der Waals surface area (Å²) in [4.78, 5) is 11.6. The lowest BCUT2D eigenvalue weighted by Crippen LogP contribution is -2.11. The molecule has 0 unspecified atom stereocenters. The molecule has 19 heavy (non-hydrogen) atoms. The molecule has 1 rings (SSSR count). The first kappa shape index (κ1) is 15.8. The van der Waals surface area contributed by atoms with Crippen LogP contribution in [0, 0.1) is 5.92 Å². The number of nitrogens with one attached hydrogen (secondary N) is 1. The van der Waals surface area contributed by atoms with E-state index in [9.17, 15) is 4.79 Å². The average Bonchev–Trinajstić information content (AvgIpc) is 2.36. The number of carbonyl (C=O) groups excluding carboxylic acids is 1. The number of alkyl halides is 1. The molecule has 1 aromatic rings. The van der Waals surface area contributed by atoms with Gasteiger partial charge in [-0.3, -0.25) is 4.79 Å². The Labute approximate surface area is 120 Å². The third-order valence-electron chi connectivity index (χ3n) is 2.62. The summed E-state index contributed by atoms with van der Waals surface area (Å²) in [6.07, 6.45) is 2.16. The molecule has 0 saturated carbocycles.